The van der Waals surface area contributed by atoms with Gasteiger partial charge in [0.1, 0.15) is 0 Å². The molecule has 8 heteroatoms. The quantitative estimate of drug-likeness (QED) is 0.427. The van der Waals surface area contributed by atoms with Crippen LogP contribution in [0.2, 0.25) is 0 Å². The minimum absolute atomic E-state index is 0.0875. The van der Waals surface area contributed by atoms with Crippen LogP contribution >= 0.6 is 0 Å². The highest BCUT2D eigenvalue weighted by Crippen LogP contribution is 2.27. The van der Waals surface area contributed by atoms with Gasteiger partial charge in [-0.05, 0) is 23.6 Å². The number of hydrogen-bond acceptors (Lipinski definition) is 4. The van der Waals surface area contributed by atoms with Gasteiger partial charge in [-0.2, -0.15) is 5.43 Å². The van der Waals surface area contributed by atoms with Crippen LogP contribution in [0.4, 0.5) is 23.0 Å². The fourth-order valence-electron chi connectivity index (χ4n) is 2.36. The van der Waals surface area contributed by atoms with Gasteiger partial charge in [0, 0.05) is 25.7 Å². The Hall–Kier alpha value is -2.74. The average molecular weight is 358 g/mol. The summed E-state index contributed by atoms with van der Waals surface area (Å²) in [7, 11) is 3.89. The van der Waals surface area contributed by atoms with Crippen molar-refractivity contribution in [3.8, 4) is 0 Å². The molecule has 0 bridgehead atoms. The van der Waals surface area contributed by atoms with E-state index in [0.717, 1.165) is 17.3 Å². The Morgan fingerprint density at radius 2 is 2.00 bits per heavy atom. The minimum atomic E-state index is -0.244. The van der Waals surface area contributed by atoms with E-state index in [2.05, 4.69) is 21.5 Å². The zero-order valence-electron chi connectivity index (χ0n) is 16.1. The maximum Gasteiger partial charge on any atom is 0.378 e. The number of aromatic nitrogens is 2. The Bertz CT molecular complexity index is 747. The van der Waals surface area contributed by atoms with Crippen LogP contribution in [0, 0.1) is 5.41 Å². The summed E-state index contributed by atoms with van der Waals surface area (Å²) < 4.78 is 3.90. The summed E-state index contributed by atoms with van der Waals surface area (Å²) in [5, 5.41) is 6.14. The zero-order valence-corrected chi connectivity index (χ0v) is 16.1. The van der Waals surface area contributed by atoms with E-state index < -0.39 is 0 Å². The van der Waals surface area contributed by atoms with Crippen LogP contribution in [-0.2, 0) is 18.9 Å². The van der Waals surface area contributed by atoms with Crippen molar-refractivity contribution in [3.63, 3.8) is 0 Å². The summed E-state index contributed by atoms with van der Waals surface area (Å²) >= 11 is 0. The first kappa shape index (κ1) is 19.6. The number of aryl methyl sites for hydroxylation is 2. The topological polar surface area (TPSA) is 96.3 Å². The maximum atomic E-state index is 11.3. The molecule has 0 saturated heterocycles. The van der Waals surface area contributed by atoms with E-state index >= 15 is 0 Å². The lowest BCUT2D eigenvalue weighted by molar-refractivity contribution is -0.656. The van der Waals surface area contributed by atoms with Crippen LogP contribution in [0.1, 0.15) is 20.8 Å². The monoisotopic (exact) mass is 358 g/mol. The molecule has 26 heavy (non-hydrogen) atoms. The second-order valence-corrected chi connectivity index (χ2v) is 7.21. The lowest BCUT2D eigenvalue weighted by Gasteiger charge is -2.23. The molecule has 1 heterocycles. The van der Waals surface area contributed by atoms with Crippen LogP contribution in [0.5, 0.6) is 0 Å². The molecule has 0 aliphatic rings. The Balaban J connectivity index is 2.22. The fraction of sp³-hybridized carbons (Fsp3) is 0.444. The molecule has 1 aromatic heterocycles. The maximum absolute atomic E-state index is 11.3. The summed E-state index contributed by atoms with van der Waals surface area (Å²) in [6, 6.07) is 5.59. The van der Waals surface area contributed by atoms with Crippen molar-refractivity contribution in [2.45, 2.75) is 20.8 Å². The molecule has 2 radical (unpaired) electrons. The number of imidazole rings is 1. The van der Waals surface area contributed by atoms with E-state index in [9.17, 15) is 10.5 Å². The van der Waals surface area contributed by atoms with Gasteiger partial charge in [0.05, 0.1) is 37.9 Å². The molecule has 0 aliphatic heterocycles. The van der Waals surface area contributed by atoms with E-state index in [4.69, 9.17) is 0 Å². The van der Waals surface area contributed by atoms with Crippen LogP contribution in [0.15, 0.2) is 30.6 Å². The Labute approximate surface area is 154 Å². The van der Waals surface area contributed by atoms with Gasteiger partial charge >= 0.3 is 5.95 Å². The Morgan fingerprint density at radius 3 is 2.58 bits per heavy atom. The van der Waals surface area contributed by atoms with Crippen molar-refractivity contribution < 1.29 is 9.36 Å². The average Bonchev–Trinajstić information content (AvgIpc) is 2.90. The molecule has 4 N–H and O–H groups in total. The first-order valence-corrected chi connectivity index (χ1v) is 8.51. The molecule has 0 fully saturated rings. The van der Waals surface area contributed by atoms with Crippen molar-refractivity contribution in [2.75, 3.05) is 34.6 Å². The highest BCUT2D eigenvalue weighted by Gasteiger charge is 2.18. The van der Waals surface area contributed by atoms with Gasteiger partial charge in [-0.25, -0.2) is 14.6 Å². The molecular weight excluding hydrogens is 330 g/mol. The number of nitrogens with one attached hydrogen (secondary N) is 4. The minimum Gasteiger partial charge on any atom is -0.383 e. The molecule has 2 rings (SSSR count). The smallest absolute Gasteiger partial charge is 0.378 e. The summed E-state index contributed by atoms with van der Waals surface area (Å²) in [6.45, 7) is 6.15. The molecule has 0 saturated carbocycles. The van der Waals surface area contributed by atoms with Crippen molar-refractivity contribution in [1.29, 1.82) is 0 Å². The number of rotatable bonds is 8. The molecule has 0 atom stereocenters. The first-order chi connectivity index (χ1) is 12.2. The molecule has 0 aliphatic carbocycles. The van der Waals surface area contributed by atoms with Gasteiger partial charge in [0.2, 0.25) is 5.91 Å². The van der Waals surface area contributed by atoms with Crippen LogP contribution in [-0.4, -0.2) is 23.6 Å². The van der Waals surface area contributed by atoms with Crippen molar-refractivity contribution >= 4 is 28.9 Å². The standard InChI is InChI=1S/C18H27N7O/c1-13(26)21-14-6-7-15(20-12-18(2,3)11-19)16(10-14)22-23-17-24(4)8-9-25(17)5/h6-10,20,22H,11-12H2,1-5H3,(H,21,26)/p+1. The molecule has 1 aromatic carbocycles. The molecule has 8 nitrogen and oxygen atoms in total. The van der Waals surface area contributed by atoms with Gasteiger partial charge in [0.25, 0.3) is 0 Å². The van der Waals surface area contributed by atoms with Gasteiger partial charge in [-0.3, -0.25) is 4.79 Å². The van der Waals surface area contributed by atoms with E-state index in [1.165, 1.54) is 6.92 Å². The summed E-state index contributed by atoms with van der Waals surface area (Å²) in [5.41, 5.74) is 17.9. The van der Waals surface area contributed by atoms with Crippen molar-refractivity contribution in [2.24, 2.45) is 19.5 Å². The number of hydrazine groups is 1. The van der Waals surface area contributed by atoms with Gasteiger partial charge in [0.15, 0.2) is 0 Å². The molecule has 140 valence electrons. The second kappa shape index (κ2) is 8.09. The van der Waals surface area contributed by atoms with Gasteiger partial charge in [-0.1, -0.05) is 13.8 Å². The second-order valence-electron chi connectivity index (χ2n) is 7.21. The Morgan fingerprint density at radius 1 is 1.27 bits per heavy atom. The highest BCUT2D eigenvalue weighted by molar-refractivity contribution is 5.90. The largest absolute Gasteiger partial charge is 0.383 e. The first-order valence-electron chi connectivity index (χ1n) is 8.51. The zero-order chi connectivity index (χ0) is 19.3. The lowest BCUT2D eigenvalue weighted by Crippen LogP contribution is -2.33. The molecule has 1 amide bonds. The fourth-order valence-corrected chi connectivity index (χ4v) is 2.36. The van der Waals surface area contributed by atoms with Crippen LogP contribution in [0.3, 0.4) is 0 Å². The number of benzene rings is 1. The SMILES string of the molecule is CC(=O)Nc1ccc(NCC(C)(C)C[N])c(NNc2n(C)cc[n+]2C)c1. The molecule has 0 spiro atoms. The Kier molecular flexibility index (Phi) is 6.10. The molecule has 2 aromatic rings. The summed E-state index contributed by atoms with van der Waals surface area (Å²) in [5.74, 6) is 0.747. The van der Waals surface area contributed by atoms with E-state index in [1.807, 2.05) is 67.7 Å². The van der Waals surface area contributed by atoms with Crippen molar-refractivity contribution in [1.82, 2.24) is 10.3 Å². The van der Waals surface area contributed by atoms with E-state index in [1.54, 1.807) is 0 Å². The number of nitrogens with zero attached hydrogens (tertiary/aromatic N) is 3. The van der Waals surface area contributed by atoms with Gasteiger partial charge in [-0.15, -0.1) is 5.73 Å². The molecular formula is C18H28N7O+. The third kappa shape index (κ3) is 5.13. The predicted molar refractivity (Wildman–Crippen MR) is 104 cm³/mol. The van der Waals surface area contributed by atoms with Crippen LogP contribution < -0.4 is 31.8 Å². The third-order valence-corrected chi connectivity index (χ3v) is 4.02. The van der Waals surface area contributed by atoms with Gasteiger partial charge < -0.3 is 10.6 Å². The lowest BCUT2D eigenvalue weighted by atomic mass is 9.94. The predicted octanol–water partition coefficient (Wildman–Crippen LogP) is 1.75. The number of anilines is 4. The number of hydrogen-bond donors (Lipinski definition) is 4. The highest BCUT2D eigenvalue weighted by atomic mass is 16.1. The van der Waals surface area contributed by atoms with E-state index in [0.29, 0.717) is 12.2 Å². The summed E-state index contributed by atoms with van der Waals surface area (Å²) in [4.78, 5) is 11.3. The van der Waals surface area contributed by atoms with Crippen LogP contribution in [0.25, 0.3) is 0 Å². The molecule has 0 unspecified atom stereocenters. The number of carbonyl (C=O) groups excluding carboxylic acids is 1. The number of amides is 1. The normalized spacial score (nSPS) is 11.2. The summed E-state index contributed by atoms with van der Waals surface area (Å²) in [6.07, 6.45) is 3.89. The number of carbonyl (C=O) groups is 1. The van der Waals surface area contributed by atoms with Crippen molar-refractivity contribution in [3.05, 3.63) is 30.6 Å². The van der Waals surface area contributed by atoms with E-state index in [-0.39, 0.29) is 17.9 Å². The third-order valence-electron chi connectivity index (χ3n) is 4.02.